The number of benzene rings is 2. The summed E-state index contributed by atoms with van der Waals surface area (Å²) in [5.41, 5.74) is 2.98. The Balaban J connectivity index is 1.61. The van der Waals surface area contributed by atoms with Crippen molar-refractivity contribution < 1.29 is 9.59 Å². The van der Waals surface area contributed by atoms with Gasteiger partial charge in [0.25, 0.3) is 5.91 Å². The average Bonchev–Trinajstić information content (AvgIpc) is 3.17. The topological polar surface area (TPSA) is 75.2 Å². The number of nitrogens with one attached hydrogen (secondary N) is 3. The first kappa shape index (κ1) is 19.0. The highest BCUT2D eigenvalue weighted by atomic mass is 16.2. The predicted octanol–water partition coefficient (Wildman–Crippen LogP) is 4.10. The first-order chi connectivity index (χ1) is 13.7. The molecule has 0 fully saturated rings. The second-order valence-corrected chi connectivity index (χ2v) is 6.16. The Morgan fingerprint density at radius 3 is 2.25 bits per heavy atom. The minimum absolute atomic E-state index is 0.189. The number of hydrogen-bond donors (Lipinski definition) is 3. The molecule has 1 aromatic heterocycles. The van der Waals surface area contributed by atoms with E-state index in [0.717, 1.165) is 5.56 Å². The molecule has 0 unspecified atom stereocenters. The van der Waals surface area contributed by atoms with Gasteiger partial charge in [0, 0.05) is 30.7 Å². The van der Waals surface area contributed by atoms with Gasteiger partial charge in [0.05, 0.1) is 0 Å². The van der Waals surface area contributed by atoms with Crippen molar-refractivity contribution in [3.8, 4) is 0 Å². The second-order valence-electron chi connectivity index (χ2n) is 6.16. The number of urea groups is 1. The quantitative estimate of drug-likeness (QED) is 0.545. The second kappa shape index (κ2) is 9.23. The summed E-state index contributed by atoms with van der Waals surface area (Å²) >= 11 is 0. The molecule has 0 aliphatic heterocycles. The largest absolute Gasteiger partial charge is 0.339 e. The molecule has 28 heavy (non-hydrogen) atoms. The summed E-state index contributed by atoms with van der Waals surface area (Å²) in [5, 5.41) is 8.22. The van der Waals surface area contributed by atoms with Crippen molar-refractivity contribution in [2.45, 2.75) is 6.54 Å². The van der Waals surface area contributed by atoms with Crippen molar-refractivity contribution in [2.75, 3.05) is 17.2 Å². The molecule has 3 aromatic rings. The first-order valence-electron chi connectivity index (χ1n) is 8.92. The molecule has 0 atom stereocenters. The van der Waals surface area contributed by atoms with E-state index in [1.807, 2.05) is 47.2 Å². The molecule has 0 saturated carbocycles. The van der Waals surface area contributed by atoms with Gasteiger partial charge >= 0.3 is 6.03 Å². The van der Waals surface area contributed by atoms with Gasteiger partial charge in [-0.15, -0.1) is 6.58 Å². The normalized spacial score (nSPS) is 10.1. The zero-order valence-electron chi connectivity index (χ0n) is 15.4. The highest BCUT2D eigenvalue weighted by molar-refractivity contribution is 6.03. The van der Waals surface area contributed by atoms with Crippen molar-refractivity contribution in [1.82, 2.24) is 9.88 Å². The van der Waals surface area contributed by atoms with Crippen LogP contribution in [0.4, 0.5) is 16.2 Å². The Kier molecular flexibility index (Phi) is 6.25. The lowest BCUT2D eigenvalue weighted by Gasteiger charge is -2.11. The Labute approximate surface area is 163 Å². The molecule has 6 nitrogen and oxygen atoms in total. The van der Waals surface area contributed by atoms with Crippen LogP contribution in [0.3, 0.4) is 0 Å². The summed E-state index contributed by atoms with van der Waals surface area (Å²) in [6, 6.07) is 20.2. The fraction of sp³-hybridized carbons (Fsp3) is 0.0909. The van der Waals surface area contributed by atoms with Gasteiger partial charge in [0.1, 0.15) is 5.69 Å². The van der Waals surface area contributed by atoms with Crippen LogP contribution in [0.1, 0.15) is 16.1 Å². The summed E-state index contributed by atoms with van der Waals surface area (Å²) in [6.45, 7) is 4.56. The van der Waals surface area contributed by atoms with Gasteiger partial charge in [-0.2, -0.15) is 0 Å². The molecule has 0 saturated heterocycles. The zero-order chi connectivity index (χ0) is 19.8. The lowest BCUT2D eigenvalue weighted by molar-refractivity contribution is 0.101. The van der Waals surface area contributed by atoms with Crippen LogP contribution in [-0.4, -0.2) is 23.1 Å². The monoisotopic (exact) mass is 374 g/mol. The Morgan fingerprint density at radius 1 is 0.893 bits per heavy atom. The Hall–Kier alpha value is -3.80. The van der Waals surface area contributed by atoms with Crippen molar-refractivity contribution in [3.63, 3.8) is 0 Å². The van der Waals surface area contributed by atoms with Crippen LogP contribution in [0.5, 0.6) is 0 Å². The number of rotatable bonds is 7. The van der Waals surface area contributed by atoms with Crippen molar-refractivity contribution in [2.24, 2.45) is 0 Å². The van der Waals surface area contributed by atoms with Crippen molar-refractivity contribution in [1.29, 1.82) is 0 Å². The van der Waals surface area contributed by atoms with Gasteiger partial charge in [-0.3, -0.25) is 4.79 Å². The zero-order valence-corrected chi connectivity index (χ0v) is 15.4. The first-order valence-corrected chi connectivity index (χ1v) is 8.92. The third-order valence-corrected chi connectivity index (χ3v) is 4.07. The van der Waals surface area contributed by atoms with E-state index in [-0.39, 0.29) is 11.9 Å². The minimum Gasteiger partial charge on any atom is -0.339 e. The summed E-state index contributed by atoms with van der Waals surface area (Å²) in [5.74, 6) is -0.189. The van der Waals surface area contributed by atoms with E-state index < -0.39 is 0 Å². The standard InChI is InChI=1S/C22H22N4O2/c1-2-14-23-22(28)25-19-12-10-18(11-13-19)24-21(27)20-9-6-15-26(20)16-17-7-4-3-5-8-17/h2-13,15H,1,14,16H2,(H,24,27)(H2,23,25,28). The summed E-state index contributed by atoms with van der Waals surface area (Å²) in [6.07, 6.45) is 3.49. The fourth-order valence-corrected chi connectivity index (χ4v) is 2.71. The van der Waals surface area contributed by atoms with Crippen LogP contribution >= 0.6 is 0 Å². The number of nitrogens with zero attached hydrogens (tertiary/aromatic N) is 1. The molecule has 3 amide bonds. The number of anilines is 2. The van der Waals surface area contributed by atoms with Crippen LogP contribution in [0.2, 0.25) is 0 Å². The summed E-state index contributed by atoms with van der Waals surface area (Å²) in [4.78, 5) is 24.3. The van der Waals surface area contributed by atoms with Crippen LogP contribution in [0.25, 0.3) is 0 Å². The molecular weight excluding hydrogens is 352 g/mol. The summed E-state index contributed by atoms with van der Waals surface area (Å²) in [7, 11) is 0. The summed E-state index contributed by atoms with van der Waals surface area (Å²) < 4.78 is 1.91. The lowest BCUT2D eigenvalue weighted by atomic mass is 10.2. The lowest BCUT2D eigenvalue weighted by Crippen LogP contribution is -2.28. The molecule has 1 heterocycles. The number of hydrogen-bond acceptors (Lipinski definition) is 2. The smallest absolute Gasteiger partial charge is 0.319 e. The number of amides is 3. The van der Waals surface area contributed by atoms with Crippen LogP contribution < -0.4 is 16.0 Å². The number of carbonyl (C=O) groups excluding carboxylic acids is 2. The van der Waals surface area contributed by atoms with Gasteiger partial charge < -0.3 is 20.5 Å². The van der Waals surface area contributed by atoms with Crippen LogP contribution in [-0.2, 0) is 6.54 Å². The molecule has 3 N–H and O–H groups in total. The molecule has 3 rings (SSSR count). The van der Waals surface area contributed by atoms with Gasteiger partial charge in [-0.25, -0.2) is 4.79 Å². The predicted molar refractivity (Wildman–Crippen MR) is 112 cm³/mol. The van der Waals surface area contributed by atoms with Crippen molar-refractivity contribution >= 4 is 23.3 Å². The maximum Gasteiger partial charge on any atom is 0.319 e. The molecule has 0 spiro atoms. The molecule has 0 aliphatic rings. The minimum atomic E-state index is -0.310. The third kappa shape index (κ3) is 5.11. The van der Waals surface area contributed by atoms with E-state index in [9.17, 15) is 9.59 Å². The van der Waals surface area contributed by atoms with Crippen LogP contribution in [0, 0.1) is 0 Å². The van der Waals surface area contributed by atoms with Gasteiger partial charge in [0.15, 0.2) is 0 Å². The number of carbonyl (C=O) groups is 2. The maximum absolute atomic E-state index is 12.6. The fourth-order valence-electron chi connectivity index (χ4n) is 2.71. The van der Waals surface area contributed by atoms with Gasteiger partial charge in [-0.1, -0.05) is 36.4 Å². The van der Waals surface area contributed by atoms with Gasteiger partial charge in [-0.05, 0) is 42.0 Å². The van der Waals surface area contributed by atoms with E-state index in [0.29, 0.717) is 30.2 Å². The molecule has 0 radical (unpaired) electrons. The number of aromatic nitrogens is 1. The molecule has 2 aromatic carbocycles. The Bertz CT molecular complexity index is 946. The maximum atomic E-state index is 12.6. The SMILES string of the molecule is C=CCNC(=O)Nc1ccc(NC(=O)c2cccn2Cc2ccccc2)cc1. The van der Waals surface area contributed by atoms with E-state index in [4.69, 9.17) is 0 Å². The van der Waals surface area contributed by atoms with Crippen molar-refractivity contribution in [3.05, 3.63) is 96.8 Å². The highest BCUT2D eigenvalue weighted by Gasteiger charge is 2.11. The molecule has 6 heteroatoms. The van der Waals surface area contributed by atoms with Gasteiger partial charge in [0.2, 0.25) is 0 Å². The van der Waals surface area contributed by atoms with Crippen LogP contribution in [0.15, 0.2) is 85.6 Å². The third-order valence-electron chi connectivity index (χ3n) is 4.07. The molecular formula is C22H22N4O2. The van der Waals surface area contributed by atoms with E-state index in [2.05, 4.69) is 22.5 Å². The van der Waals surface area contributed by atoms with E-state index in [1.54, 1.807) is 36.4 Å². The highest BCUT2D eigenvalue weighted by Crippen LogP contribution is 2.15. The van der Waals surface area contributed by atoms with E-state index in [1.165, 1.54) is 0 Å². The molecule has 142 valence electrons. The Morgan fingerprint density at radius 2 is 1.57 bits per heavy atom. The molecule has 0 bridgehead atoms. The van der Waals surface area contributed by atoms with E-state index >= 15 is 0 Å². The molecule has 0 aliphatic carbocycles. The average molecular weight is 374 g/mol.